The van der Waals surface area contributed by atoms with Crippen molar-refractivity contribution in [1.82, 2.24) is 59.9 Å². The zero-order chi connectivity index (χ0) is 48.2. The third-order valence-electron chi connectivity index (χ3n) is 15.3. The Morgan fingerprint density at radius 2 is 1.51 bits per heavy atom. The van der Waals surface area contributed by atoms with Crippen molar-refractivity contribution in [3.05, 3.63) is 83.3 Å². The van der Waals surface area contributed by atoms with Gasteiger partial charge in [-0.3, -0.25) is 44.0 Å². The number of rotatable bonds is 11. The standard InChI is InChI=1S/C49H58N16O5/c1-31-44(32(2)64-49(57(31)3)54-55-56-64)46(68)52-35-4-7-40-34(26-35)29-51-65(40)37-10-13-50-42(28-37)62-24-22-59(23-25-62)17-16-58-18-20-60(21-19-58)30-33-11-14-61(15-12-33)36-5-6-38-39(27-36)48(70)63(47(38)69)41-8-9-43(66)53-45(41)67/h4-7,10,13,26-29,32-33,41H,8-9,11-12,14-25,30H2,1-3H3,(H,52,68)(H,53,66,67). The number of carbonyl (C=O) groups excluding carboxylic acids is 5. The van der Waals surface area contributed by atoms with Gasteiger partial charge >= 0.3 is 0 Å². The predicted octanol–water partition coefficient (Wildman–Crippen LogP) is 2.39. The molecule has 6 aliphatic heterocycles. The molecule has 21 heteroatoms. The number of tetrazole rings is 1. The summed E-state index contributed by atoms with van der Waals surface area (Å²) in [7, 11) is 1.85. The van der Waals surface area contributed by atoms with Crippen molar-refractivity contribution in [3.8, 4) is 5.69 Å². The number of allylic oxidation sites excluding steroid dienone is 1. The highest BCUT2D eigenvalue weighted by atomic mass is 16.2. The Morgan fingerprint density at radius 1 is 0.786 bits per heavy atom. The lowest BCUT2D eigenvalue weighted by Crippen LogP contribution is -2.54. The summed E-state index contributed by atoms with van der Waals surface area (Å²) in [4.78, 5) is 84.3. The highest BCUT2D eigenvalue weighted by Crippen LogP contribution is 2.35. The van der Waals surface area contributed by atoms with Crippen LogP contribution in [0.4, 0.5) is 23.1 Å². The molecule has 2 unspecified atom stereocenters. The van der Waals surface area contributed by atoms with Gasteiger partial charge in [-0.15, -0.1) is 0 Å². The van der Waals surface area contributed by atoms with Gasteiger partial charge < -0.3 is 24.9 Å². The number of piperidine rings is 2. The molecule has 0 aliphatic carbocycles. The largest absolute Gasteiger partial charge is 0.371 e. The molecule has 364 valence electrons. The van der Waals surface area contributed by atoms with Gasteiger partial charge in [0.05, 0.1) is 40.1 Å². The van der Waals surface area contributed by atoms with E-state index in [1.807, 2.05) is 73.2 Å². The van der Waals surface area contributed by atoms with Gasteiger partial charge in [-0.2, -0.15) is 5.10 Å². The SMILES string of the molecule is CC1=C(C(=O)Nc2ccc3c(cnn3-c3ccnc(N4CCN(CCN5CCN(CC6CCN(c7ccc8c(c7)C(=O)N(C7CCC(=O)NC7=O)C8=O)CC6)CC5)CC4)c3)c2)C(C)n2nnnc2N1C. The van der Waals surface area contributed by atoms with E-state index in [1.165, 1.54) is 0 Å². The van der Waals surface area contributed by atoms with E-state index in [1.54, 1.807) is 16.8 Å². The zero-order valence-corrected chi connectivity index (χ0v) is 39.8. The van der Waals surface area contributed by atoms with E-state index in [-0.39, 0.29) is 30.7 Å². The molecule has 5 aromatic rings. The maximum atomic E-state index is 13.6. The Balaban J connectivity index is 0.611. The second-order valence-corrected chi connectivity index (χ2v) is 19.4. The molecule has 5 amide bonds. The Hall–Kier alpha value is -7.10. The number of hydrogen-bond donors (Lipinski definition) is 2. The second kappa shape index (κ2) is 18.7. The van der Waals surface area contributed by atoms with E-state index in [2.05, 4.69) is 56.7 Å². The average molecular weight is 951 g/mol. The van der Waals surface area contributed by atoms with E-state index in [4.69, 9.17) is 10.1 Å². The highest BCUT2D eigenvalue weighted by molar-refractivity contribution is 6.23. The first-order valence-electron chi connectivity index (χ1n) is 24.5. The molecule has 0 saturated carbocycles. The van der Waals surface area contributed by atoms with Crippen molar-refractivity contribution >= 4 is 63.6 Å². The minimum Gasteiger partial charge on any atom is -0.371 e. The van der Waals surface area contributed by atoms with Crippen molar-refractivity contribution in [1.29, 1.82) is 0 Å². The molecule has 11 rings (SSSR count). The molecule has 21 nitrogen and oxygen atoms in total. The predicted molar refractivity (Wildman–Crippen MR) is 261 cm³/mol. The number of fused-ring (bicyclic) bond motifs is 3. The summed E-state index contributed by atoms with van der Waals surface area (Å²) in [5.41, 5.74) is 5.49. The van der Waals surface area contributed by atoms with Crippen LogP contribution >= 0.6 is 0 Å². The average Bonchev–Trinajstić information content (AvgIpc) is 4.10. The molecule has 4 saturated heterocycles. The minimum atomic E-state index is -0.962. The number of pyridine rings is 1. The molecule has 2 atom stereocenters. The summed E-state index contributed by atoms with van der Waals surface area (Å²) < 4.78 is 3.57. The third-order valence-corrected chi connectivity index (χ3v) is 15.3. The topological polar surface area (TPSA) is 206 Å². The van der Waals surface area contributed by atoms with E-state index in [9.17, 15) is 24.0 Å². The fraction of sp³-hybridized carbons (Fsp3) is 0.469. The first kappa shape index (κ1) is 45.3. The van der Waals surface area contributed by atoms with E-state index in [0.717, 1.165) is 137 Å². The summed E-state index contributed by atoms with van der Waals surface area (Å²) in [5.74, 6) is 0.0179. The first-order valence-corrected chi connectivity index (χ1v) is 24.5. The summed E-state index contributed by atoms with van der Waals surface area (Å²) >= 11 is 0. The Labute approximate surface area is 405 Å². The van der Waals surface area contributed by atoms with E-state index >= 15 is 0 Å². The van der Waals surface area contributed by atoms with E-state index < -0.39 is 23.8 Å². The van der Waals surface area contributed by atoms with Crippen LogP contribution in [0.3, 0.4) is 0 Å². The first-order chi connectivity index (χ1) is 34.0. The third kappa shape index (κ3) is 8.55. The van der Waals surface area contributed by atoms with E-state index in [0.29, 0.717) is 34.3 Å². The Kier molecular flexibility index (Phi) is 12.1. The van der Waals surface area contributed by atoms with Gasteiger partial charge in [0.2, 0.25) is 17.8 Å². The van der Waals surface area contributed by atoms with Gasteiger partial charge in [0.25, 0.3) is 17.7 Å². The Bertz CT molecular complexity index is 2910. The lowest BCUT2D eigenvalue weighted by molar-refractivity contribution is -0.136. The normalized spacial score (nSPS) is 22.0. The van der Waals surface area contributed by atoms with Crippen molar-refractivity contribution in [2.45, 2.75) is 51.6 Å². The number of carbonyl (C=O) groups is 5. The van der Waals surface area contributed by atoms with Crippen LogP contribution in [0.5, 0.6) is 0 Å². The number of anilines is 4. The Morgan fingerprint density at radius 3 is 2.27 bits per heavy atom. The van der Waals surface area contributed by atoms with Crippen LogP contribution in [0.15, 0.2) is 72.2 Å². The van der Waals surface area contributed by atoms with Crippen LogP contribution in [-0.4, -0.2) is 182 Å². The summed E-state index contributed by atoms with van der Waals surface area (Å²) in [5, 5.41) is 23.0. The second-order valence-electron chi connectivity index (χ2n) is 19.4. The fourth-order valence-corrected chi connectivity index (χ4v) is 11.1. The molecule has 0 spiro atoms. The number of hydrogen-bond acceptors (Lipinski definition) is 16. The number of nitrogens with zero attached hydrogens (tertiary/aromatic N) is 14. The van der Waals surface area contributed by atoms with Gasteiger partial charge in [-0.05, 0) is 91.9 Å². The van der Waals surface area contributed by atoms with Crippen LogP contribution in [0, 0.1) is 5.92 Å². The van der Waals surface area contributed by atoms with Crippen LogP contribution in [-0.2, 0) is 14.4 Å². The van der Waals surface area contributed by atoms with Crippen molar-refractivity contribution in [3.63, 3.8) is 0 Å². The number of piperazine rings is 2. The van der Waals surface area contributed by atoms with Gasteiger partial charge in [0.1, 0.15) is 11.9 Å². The maximum Gasteiger partial charge on any atom is 0.262 e. The molecule has 0 radical (unpaired) electrons. The maximum absolute atomic E-state index is 13.6. The number of aromatic nitrogens is 7. The fourth-order valence-electron chi connectivity index (χ4n) is 11.1. The summed E-state index contributed by atoms with van der Waals surface area (Å²) in [6, 6.07) is 14.0. The molecule has 2 N–H and O–H groups in total. The lowest BCUT2D eigenvalue weighted by atomic mass is 9.95. The molecule has 0 bridgehead atoms. The van der Waals surface area contributed by atoms with Crippen LogP contribution in [0.25, 0.3) is 16.6 Å². The molecule has 2 aromatic carbocycles. The molecular formula is C49H58N16O5. The molecule has 70 heavy (non-hydrogen) atoms. The van der Waals surface area contributed by atoms with Gasteiger partial charge in [0.15, 0.2) is 0 Å². The quantitative estimate of drug-likeness (QED) is 0.182. The number of amides is 5. The van der Waals surface area contributed by atoms with Crippen molar-refractivity contribution < 1.29 is 24.0 Å². The monoisotopic (exact) mass is 950 g/mol. The van der Waals surface area contributed by atoms with Gasteiger partial charge in [-0.25, -0.2) is 14.3 Å². The van der Waals surface area contributed by atoms with Gasteiger partial charge in [0, 0.05) is 133 Å². The molecule has 4 fully saturated rings. The van der Waals surface area contributed by atoms with Crippen molar-refractivity contribution in [2.75, 3.05) is 112 Å². The van der Waals surface area contributed by atoms with Crippen LogP contribution in [0.2, 0.25) is 0 Å². The lowest BCUT2D eigenvalue weighted by Gasteiger charge is -2.40. The summed E-state index contributed by atoms with van der Waals surface area (Å²) in [6.07, 6.45) is 6.04. The number of nitrogens with one attached hydrogen (secondary N) is 2. The zero-order valence-electron chi connectivity index (χ0n) is 39.8. The molecular weight excluding hydrogens is 893 g/mol. The van der Waals surface area contributed by atoms with Gasteiger partial charge in [-0.1, -0.05) is 5.10 Å². The minimum absolute atomic E-state index is 0.101. The highest BCUT2D eigenvalue weighted by Gasteiger charge is 2.45. The number of imide groups is 2. The smallest absolute Gasteiger partial charge is 0.262 e. The molecule has 6 aliphatic rings. The summed E-state index contributed by atoms with van der Waals surface area (Å²) in [6.45, 7) is 16.8. The van der Waals surface area contributed by atoms with Crippen LogP contribution < -0.4 is 25.3 Å². The molecule has 3 aromatic heterocycles. The number of benzene rings is 2. The van der Waals surface area contributed by atoms with Crippen molar-refractivity contribution in [2.24, 2.45) is 5.92 Å². The van der Waals surface area contributed by atoms with Crippen LogP contribution in [0.1, 0.15) is 66.3 Å². The molecule has 9 heterocycles.